The van der Waals surface area contributed by atoms with Crippen LogP contribution in [0, 0.1) is 0 Å². The largest absolute Gasteiger partial charge is 0.486 e. The van der Waals surface area contributed by atoms with Gasteiger partial charge in [-0.3, -0.25) is 9.59 Å². The summed E-state index contributed by atoms with van der Waals surface area (Å²) in [7, 11) is 0. The average Bonchev–Trinajstić information content (AvgIpc) is 2.79. The van der Waals surface area contributed by atoms with Crippen molar-refractivity contribution < 1.29 is 23.8 Å². The molecule has 3 aromatic rings. The Kier molecular flexibility index (Phi) is 5.66. The average molecular weight is 403 g/mol. The number of hydrogen-bond donors (Lipinski definition) is 1. The number of benzene rings is 3. The molecule has 0 spiro atoms. The summed E-state index contributed by atoms with van der Waals surface area (Å²) in [5, 5.41) is 2.81. The molecule has 0 aliphatic carbocycles. The summed E-state index contributed by atoms with van der Waals surface area (Å²) in [5.74, 6) is 1.41. The molecule has 1 aliphatic rings. The smallest absolute Gasteiger partial charge is 0.265 e. The van der Waals surface area contributed by atoms with Gasteiger partial charge in [-0.25, -0.2) is 0 Å². The Hall–Kier alpha value is -3.80. The summed E-state index contributed by atoms with van der Waals surface area (Å²) in [6.45, 7) is 2.66. The Morgan fingerprint density at radius 3 is 2.27 bits per heavy atom. The molecule has 1 atom stereocenters. The zero-order chi connectivity index (χ0) is 20.9. The molecule has 0 saturated heterocycles. The lowest BCUT2D eigenvalue weighted by atomic mass is 10.0. The van der Waals surface area contributed by atoms with Crippen molar-refractivity contribution in [3.63, 3.8) is 0 Å². The molecule has 30 heavy (non-hydrogen) atoms. The minimum absolute atomic E-state index is 0.0634. The number of ether oxygens (including phenoxy) is 3. The first-order chi connectivity index (χ1) is 14.6. The molecule has 0 unspecified atom stereocenters. The van der Waals surface area contributed by atoms with Crippen LogP contribution in [0.1, 0.15) is 22.8 Å². The van der Waals surface area contributed by atoms with Gasteiger partial charge in [-0.2, -0.15) is 0 Å². The van der Waals surface area contributed by atoms with Crippen molar-refractivity contribution in [2.75, 3.05) is 18.5 Å². The van der Waals surface area contributed by atoms with Gasteiger partial charge in [0.05, 0.1) is 0 Å². The molecule has 0 saturated carbocycles. The van der Waals surface area contributed by atoms with Crippen LogP contribution >= 0.6 is 0 Å². The van der Waals surface area contributed by atoms with E-state index < -0.39 is 6.10 Å². The summed E-state index contributed by atoms with van der Waals surface area (Å²) in [5.41, 5.74) is 1.78. The van der Waals surface area contributed by atoms with Gasteiger partial charge in [0.2, 0.25) is 0 Å². The highest BCUT2D eigenvalue weighted by molar-refractivity contribution is 6.09. The second-order valence-corrected chi connectivity index (χ2v) is 6.83. The van der Waals surface area contributed by atoms with Crippen molar-refractivity contribution in [1.82, 2.24) is 0 Å². The first kappa shape index (κ1) is 19.5. The van der Waals surface area contributed by atoms with Gasteiger partial charge in [-0.1, -0.05) is 30.3 Å². The predicted octanol–water partition coefficient (Wildman–Crippen LogP) is 4.09. The van der Waals surface area contributed by atoms with E-state index >= 15 is 0 Å². The number of amides is 1. The predicted molar refractivity (Wildman–Crippen MR) is 112 cm³/mol. The van der Waals surface area contributed by atoms with E-state index in [-0.39, 0.29) is 11.7 Å². The Bertz CT molecular complexity index is 1050. The number of fused-ring (bicyclic) bond motifs is 1. The van der Waals surface area contributed by atoms with E-state index in [2.05, 4.69) is 5.32 Å². The maximum absolute atomic E-state index is 12.5. The molecular weight excluding hydrogens is 382 g/mol. The maximum atomic E-state index is 12.5. The summed E-state index contributed by atoms with van der Waals surface area (Å²) < 4.78 is 16.7. The van der Waals surface area contributed by atoms with Gasteiger partial charge in [0.1, 0.15) is 19.0 Å². The van der Waals surface area contributed by atoms with Crippen molar-refractivity contribution >= 4 is 17.4 Å². The highest BCUT2D eigenvalue weighted by Crippen LogP contribution is 2.32. The molecule has 6 heteroatoms. The van der Waals surface area contributed by atoms with Crippen LogP contribution in [0.15, 0.2) is 72.8 Å². The molecule has 1 N–H and O–H groups in total. The molecule has 6 nitrogen and oxygen atoms in total. The van der Waals surface area contributed by atoms with E-state index in [0.29, 0.717) is 47.3 Å². The monoisotopic (exact) mass is 403 g/mol. The highest BCUT2D eigenvalue weighted by atomic mass is 16.6. The molecule has 3 aromatic carbocycles. The van der Waals surface area contributed by atoms with Gasteiger partial charge in [0, 0.05) is 22.9 Å². The fourth-order valence-electron chi connectivity index (χ4n) is 3.06. The van der Waals surface area contributed by atoms with Gasteiger partial charge < -0.3 is 19.5 Å². The Balaban J connectivity index is 1.37. The molecule has 0 bridgehead atoms. The zero-order valence-corrected chi connectivity index (χ0v) is 16.5. The molecular formula is C24H21NO5. The third-order valence-corrected chi connectivity index (χ3v) is 4.64. The van der Waals surface area contributed by atoms with Gasteiger partial charge in [0.15, 0.2) is 23.4 Å². The summed E-state index contributed by atoms with van der Waals surface area (Å²) in [6, 6.07) is 21.1. The Morgan fingerprint density at radius 2 is 1.53 bits per heavy atom. The Morgan fingerprint density at radius 1 is 0.867 bits per heavy atom. The molecule has 4 rings (SSSR count). The minimum Gasteiger partial charge on any atom is -0.486 e. The van der Waals surface area contributed by atoms with Crippen molar-refractivity contribution in [3.05, 3.63) is 83.9 Å². The van der Waals surface area contributed by atoms with Crippen LogP contribution in [-0.2, 0) is 4.79 Å². The number of carbonyl (C=O) groups excluding carboxylic acids is 2. The number of rotatable bonds is 6. The van der Waals surface area contributed by atoms with Crippen LogP contribution in [0.25, 0.3) is 0 Å². The number of hydrogen-bond acceptors (Lipinski definition) is 5. The normalized spacial score (nSPS) is 13.2. The van der Waals surface area contributed by atoms with Crippen LogP contribution in [0.4, 0.5) is 5.69 Å². The third-order valence-electron chi connectivity index (χ3n) is 4.64. The van der Waals surface area contributed by atoms with E-state index in [4.69, 9.17) is 14.2 Å². The van der Waals surface area contributed by atoms with Crippen molar-refractivity contribution in [1.29, 1.82) is 0 Å². The SMILES string of the molecule is C[C@H](Oc1ccc(C(=O)c2ccccc2)cc1)C(=O)Nc1ccc2c(c1)OCCO2. The molecule has 0 fully saturated rings. The summed E-state index contributed by atoms with van der Waals surface area (Å²) >= 11 is 0. The van der Waals surface area contributed by atoms with E-state index in [1.165, 1.54) is 0 Å². The van der Waals surface area contributed by atoms with Crippen molar-refractivity contribution in [3.8, 4) is 17.2 Å². The summed E-state index contributed by atoms with van der Waals surface area (Å²) in [6.07, 6.45) is -0.728. The lowest BCUT2D eigenvalue weighted by Gasteiger charge is -2.19. The molecule has 0 aromatic heterocycles. The van der Waals surface area contributed by atoms with Crippen molar-refractivity contribution in [2.45, 2.75) is 13.0 Å². The highest BCUT2D eigenvalue weighted by Gasteiger charge is 2.18. The van der Waals surface area contributed by atoms with Crippen LogP contribution < -0.4 is 19.5 Å². The lowest BCUT2D eigenvalue weighted by molar-refractivity contribution is -0.122. The lowest BCUT2D eigenvalue weighted by Crippen LogP contribution is -2.30. The molecule has 152 valence electrons. The van der Waals surface area contributed by atoms with E-state index in [1.54, 1.807) is 61.5 Å². The summed E-state index contributed by atoms with van der Waals surface area (Å²) in [4.78, 5) is 25.0. The zero-order valence-electron chi connectivity index (χ0n) is 16.5. The molecule has 1 heterocycles. The molecule has 0 radical (unpaired) electrons. The number of carbonyl (C=O) groups is 2. The van der Waals surface area contributed by atoms with Crippen LogP contribution in [-0.4, -0.2) is 31.0 Å². The fourth-order valence-corrected chi connectivity index (χ4v) is 3.06. The second kappa shape index (κ2) is 8.69. The second-order valence-electron chi connectivity index (χ2n) is 6.83. The standard InChI is InChI=1S/C24H21NO5/c1-16(24(27)25-19-9-12-21-22(15-19)29-14-13-28-21)30-20-10-7-18(8-11-20)23(26)17-5-3-2-4-6-17/h2-12,15-16H,13-14H2,1H3,(H,25,27)/t16-/m0/s1. The quantitative estimate of drug-likeness (QED) is 0.628. The number of ketones is 1. The minimum atomic E-state index is -0.728. The van der Waals surface area contributed by atoms with Gasteiger partial charge in [0.25, 0.3) is 5.91 Å². The van der Waals surface area contributed by atoms with Gasteiger partial charge in [-0.15, -0.1) is 0 Å². The van der Waals surface area contributed by atoms with Gasteiger partial charge in [-0.05, 0) is 43.3 Å². The van der Waals surface area contributed by atoms with Crippen LogP contribution in [0.2, 0.25) is 0 Å². The number of anilines is 1. The molecule has 1 aliphatic heterocycles. The van der Waals surface area contributed by atoms with E-state index in [9.17, 15) is 9.59 Å². The topological polar surface area (TPSA) is 73.9 Å². The number of nitrogens with one attached hydrogen (secondary N) is 1. The van der Waals surface area contributed by atoms with Crippen molar-refractivity contribution in [2.24, 2.45) is 0 Å². The van der Waals surface area contributed by atoms with Crippen LogP contribution in [0.3, 0.4) is 0 Å². The fraction of sp³-hybridized carbons (Fsp3) is 0.167. The van der Waals surface area contributed by atoms with Crippen LogP contribution in [0.5, 0.6) is 17.2 Å². The third kappa shape index (κ3) is 4.43. The first-order valence-electron chi connectivity index (χ1n) is 9.67. The maximum Gasteiger partial charge on any atom is 0.265 e. The van der Waals surface area contributed by atoms with E-state index in [0.717, 1.165) is 0 Å². The van der Waals surface area contributed by atoms with E-state index in [1.807, 2.05) is 18.2 Å². The Labute approximate surface area is 174 Å². The first-order valence-corrected chi connectivity index (χ1v) is 9.67. The van der Waals surface area contributed by atoms with Gasteiger partial charge >= 0.3 is 0 Å². The molecule has 1 amide bonds.